The molecule has 3 amide bonds. The molecule has 1 aliphatic carbocycles. The quantitative estimate of drug-likeness (QED) is 0.755. The van der Waals surface area contributed by atoms with Crippen LogP contribution in [0.2, 0.25) is 5.02 Å². The largest absolute Gasteiger partial charge is 0.490 e. The van der Waals surface area contributed by atoms with Crippen LogP contribution in [0.15, 0.2) is 18.2 Å². The highest BCUT2D eigenvalue weighted by Gasteiger charge is 2.34. The van der Waals surface area contributed by atoms with Crippen molar-refractivity contribution in [3.63, 3.8) is 0 Å². The highest BCUT2D eigenvalue weighted by molar-refractivity contribution is 6.31. The van der Waals surface area contributed by atoms with Crippen LogP contribution in [-0.4, -0.2) is 49.1 Å². The number of ether oxygens (including phenoxy) is 1. The maximum Gasteiger partial charge on any atom is 0.324 e. The number of benzene rings is 1. The number of amides is 3. The van der Waals surface area contributed by atoms with Gasteiger partial charge >= 0.3 is 6.03 Å². The van der Waals surface area contributed by atoms with Gasteiger partial charge in [-0.25, -0.2) is 4.79 Å². The van der Waals surface area contributed by atoms with Crippen LogP contribution in [-0.2, 0) is 4.79 Å². The average molecular weight is 434 g/mol. The smallest absolute Gasteiger partial charge is 0.324 e. The lowest BCUT2D eigenvalue weighted by Gasteiger charge is -2.38. The van der Waals surface area contributed by atoms with Gasteiger partial charge in [0.25, 0.3) is 0 Å². The molecule has 1 saturated heterocycles. The lowest BCUT2D eigenvalue weighted by Crippen LogP contribution is -2.52. The topological polar surface area (TPSA) is 61.9 Å². The number of anilines is 1. The Labute approximate surface area is 183 Å². The Balaban J connectivity index is 1.33. The normalized spacial score (nSPS) is 27.2. The molecule has 30 heavy (non-hydrogen) atoms. The van der Waals surface area contributed by atoms with Gasteiger partial charge in [0.15, 0.2) is 0 Å². The molecule has 4 rings (SSSR count). The molecule has 3 atom stereocenters. The van der Waals surface area contributed by atoms with Gasteiger partial charge in [-0.15, -0.1) is 0 Å². The van der Waals surface area contributed by atoms with Crippen molar-refractivity contribution < 1.29 is 14.3 Å². The Morgan fingerprint density at radius 2 is 1.87 bits per heavy atom. The van der Waals surface area contributed by atoms with Crippen molar-refractivity contribution in [2.75, 3.05) is 31.1 Å². The van der Waals surface area contributed by atoms with Crippen molar-refractivity contribution in [3.05, 3.63) is 23.2 Å². The van der Waals surface area contributed by atoms with E-state index in [1.165, 1.54) is 12.8 Å². The van der Waals surface area contributed by atoms with Gasteiger partial charge in [0, 0.05) is 30.1 Å². The minimum absolute atomic E-state index is 0.00935. The number of halogens is 1. The zero-order valence-electron chi connectivity index (χ0n) is 17.9. The summed E-state index contributed by atoms with van der Waals surface area (Å²) in [5.41, 5.74) is 0.721. The third-order valence-electron chi connectivity index (χ3n) is 7.19. The number of nitrogens with zero attached hydrogens (tertiary/aromatic N) is 2. The van der Waals surface area contributed by atoms with Crippen molar-refractivity contribution in [2.45, 2.75) is 52.0 Å². The number of piperidine rings is 1. The third kappa shape index (κ3) is 4.39. The van der Waals surface area contributed by atoms with E-state index in [0.29, 0.717) is 61.7 Å². The summed E-state index contributed by atoms with van der Waals surface area (Å²) < 4.78 is 5.66. The second kappa shape index (κ2) is 9.04. The van der Waals surface area contributed by atoms with Crippen molar-refractivity contribution in [2.24, 2.45) is 17.8 Å². The molecule has 2 heterocycles. The Morgan fingerprint density at radius 3 is 2.63 bits per heavy atom. The van der Waals surface area contributed by atoms with E-state index in [1.807, 2.05) is 4.90 Å². The van der Waals surface area contributed by atoms with Gasteiger partial charge < -0.3 is 15.0 Å². The third-order valence-corrected chi connectivity index (χ3v) is 7.42. The van der Waals surface area contributed by atoms with Gasteiger partial charge in [0.05, 0.1) is 12.2 Å². The van der Waals surface area contributed by atoms with Gasteiger partial charge in [-0.1, -0.05) is 38.3 Å². The maximum absolute atomic E-state index is 13.2. The number of carbonyl (C=O) groups is 2. The van der Waals surface area contributed by atoms with E-state index in [-0.39, 0.29) is 23.9 Å². The number of fused-ring (bicyclic) bond motifs is 1. The van der Waals surface area contributed by atoms with Crippen LogP contribution in [0.1, 0.15) is 46.0 Å². The van der Waals surface area contributed by atoms with Crippen LogP contribution in [0.4, 0.5) is 10.5 Å². The van der Waals surface area contributed by atoms with Crippen molar-refractivity contribution >= 4 is 29.2 Å². The van der Waals surface area contributed by atoms with E-state index in [9.17, 15) is 9.59 Å². The molecule has 0 bridgehead atoms. The Hall–Kier alpha value is -1.95. The SMILES string of the molecule is C[C@@H]1[C@H](C)CCC[C@@H]1NC(=O)C1CCN(C(=O)N2CCOc3ccc(Cl)cc32)CC1. The second-order valence-corrected chi connectivity index (χ2v) is 9.47. The van der Waals surface area contributed by atoms with Gasteiger partial charge in [-0.3, -0.25) is 9.69 Å². The van der Waals surface area contributed by atoms with E-state index in [4.69, 9.17) is 16.3 Å². The van der Waals surface area contributed by atoms with Gasteiger partial charge in [0.1, 0.15) is 12.4 Å². The lowest BCUT2D eigenvalue weighted by molar-refractivity contribution is -0.127. The van der Waals surface area contributed by atoms with Crippen LogP contribution in [0.5, 0.6) is 5.75 Å². The average Bonchev–Trinajstić information content (AvgIpc) is 2.76. The van der Waals surface area contributed by atoms with Crippen molar-refractivity contribution in [3.8, 4) is 5.75 Å². The number of likely N-dealkylation sites (tertiary alicyclic amines) is 1. The molecule has 0 aromatic heterocycles. The maximum atomic E-state index is 13.2. The predicted octanol–water partition coefficient (Wildman–Crippen LogP) is 4.31. The number of hydrogen-bond donors (Lipinski definition) is 1. The monoisotopic (exact) mass is 433 g/mol. The second-order valence-electron chi connectivity index (χ2n) is 9.04. The molecule has 2 fully saturated rings. The summed E-state index contributed by atoms with van der Waals surface area (Å²) in [5.74, 6) is 2.02. The lowest BCUT2D eigenvalue weighted by atomic mass is 9.78. The molecule has 2 aliphatic heterocycles. The summed E-state index contributed by atoms with van der Waals surface area (Å²) in [5, 5.41) is 3.89. The first-order valence-electron chi connectivity index (χ1n) is 11.2. The number of rotatable bonds is 2. The van der Waals surface area contributed by atoms with Gasteiger partial charge in [-0.2, -0.15) is 0 Å². The first-order valence-corrected chi connectivity index (χ1v) is 11.6. The van der Waals surface area contributed by atoms with E-state index in [0.717, 1.165) is 12.1 Å². The molecule has 1 aromatic rings. The van der Waals surface area contributed by atoms with Crippen LogP contribution < -0.4 is 15.0 Å². The molecule has 1 aromatic carbocycles. The van der Waals surface area contributed by atoms with Crippen molar-refractivity contribution in [1.82, 2.24) is 10.2 Å². The molecule has 0 radical (unpaired) electrons. The van der Waals surface area contributed by atoms with Crippen LogP contribution in [0.25, 0.3) is 0 Å². The summed E-state index contributed by atoms with van der Waals surface area (Å²) in [6, 6.07) is 5.61. The summed E-state index contributed by atoms with van der Waals surface area (Å²) in [7, 11) is 0. The molecule has 7 heteroatoms. The van der Waals surface area contributed by atoms with Crippen LogP contribution in [0, 0.1) is 17.8 Å². The highest BCUT2D eigenvalue weighted by Crippen LogP contribution is 2.35. The minimum atomic E-state index is -0.0320. The van der Waals surface area contributed by atoms with Crippen LogP contribution in [0.3, 0.4) is 0 Å². The number of urea groups is 1. The standard InChI is InChI=1S/C23H32ClN3O3/c1-15-4-3-5-19(16(15)2)25-22(28)17-8-10-26(11-9-17)23(29)27-12-13-30-21-7-6-18(24)14-20(21)27/h6-7,14-17,19H,3-5,8-13H2,1-2H3,(H,25,28)/t15-,16-,19+/m1/s1. The van der Waals surface area contributed by atoms with E-state index in [2.05, 4.69) is 19.2 Å². The molecule has 1 saturated carbocycles. The highest BCUT2D eigenvalue weighted by atomic mass is 35.5. The molecule has 164 valence electrons. The number of hydrogen-bond acceptors (Lipinski definition) is 3. The zero-order valence-corrected chi connectivity index (χ0v) is 18.7. The van der Waals surface area contributed by atoms with E-state index < -0.39 is 0 Å². The number of carbonyl (C=O) groups excluding carboxylic acids is 2. The fraction of sp³-hybridized carbons (Fsp3) is 0.652. The molecular formula is C23H32ClN3O3. The molecule has 0 spiro atoms. The Kier molecular flexibility index (Phi) is 6.42. The first-order chi connectivity index (χ1) is 14.4. The molecule has 1 N–H and O–H groups in total. The fourth-order valence-electron chi connectivity index (χ4n) is 4.98. The number of nitrogens with one attached hydrogen (secondary N) is 1. The Morgan fingerprint density at radius 1 is 1.10 bits per heavy atom. The molecular weight excluding hydrogens is 402 g/mol. The minimum Gasteiger partial charge on any atom is -0.490 e. The van der Waals surface area contributed by atoms with Crippen molar-refractivity contribution in [1.29, 1.82) is 0 Å². The molecule has 3 aliphatic rings. The summed E-state index contributed by atoms with van der Waals surface area (Å²) in [6.07, 6.45) is 4.94. The zero-order chi connectivity index (χ0) is 21.3. The predicted molar refractivity (Wildman–Crippen MR) is 118 cm³/mol. The fourth-order valence-corrected chi connectivity index (χ4v) is 5.15. The summed E-state index contributed by atoms with van der Waals surface area (Å²) >= 11 is 6.13. The molecule has 6 nitrogen and oxygen atoms in total. The van der Waals surface area contributed by atoms with E-state index in [1.54, 1.807) is 23.1 Å². The van der Waals surface area contributed by atoms with E-state index >= 15 is 0 Å². The summed E-state index contributed by atoms with van der Waals surface area (Å²) in [6.45, 7) is 6.70. The Bertz CT molecular complexity index is 794. The molecule has 0 unspecified atom stereocenters. The van der Waals surface area contributed by atoms with Gasteiger partial charge in [0.2, 0.25) is 5.91 Å². The van der Waals surface area contributed by atoms with Crippen LogP contribution >= 0.6 is 11.6 Å². The summed E-state index contributed by atoms with van der Waals surface area (Å²) in [4.78, 5) is 29.6. The van der Waals surface area contributed by atoms with Gasteiger partial charge in [-0.05, 0) is 49.3 Å². The first kappa shape index (κ1) is 21.3.